The van der Waals surface area contributed by atoms with Gasteiger partial charge in [0.1, 0.15) is 0 Å². The fourth-order valence-electron chi connectivity index (χ4n) is 2.18. The summed E-state index contributed by atoms with van der Waals surface area (Å²) in [6.07, 6.45) is 0.284. The van der Waals surface area contributed by atoms with Crippen molar-refractivity contribution in [1.82, 2.24) is 5.32 Å². The minimum atomic E-state index is -2.33. The van der Waals surface area contributed by atoms with Crippen LogP contribution in [0.25, 0.3) is 10.8 Å². The molecule has 0 amide bonds. The maximum absolute atomic E-state index is 11.5. The molecule has 2 aromatic rings. The van der Waals surface area contributed by atoms with Gasteiger partial charge in [0.15, 0.2) is 0 Å². The average Bonchev–Trinajstić information content (AvgIpc) is 2.53. The fraction of sp³-hybridized carbons (Fsp3) is 0.250. The molecule has 0 aromatic heterocycles. The van der Waals surface area contributed by atoms with Crippen molar-refractivity contribution < 1.29 is 17.9 Å². The summed E-state index contributed by atoms with van der Waals surface area (Å²) in [5, 5.41) is 5.34. The smallest absolute Gasteiger partial charge is 0.319 e. The summed E-state index contributed by atoms with van der Waals surface area (Å²) in [6.45, 7) is 0.405. The highest BCUT2D eigenvalue weighted by Gasteiger charge is 2.08. The summed E-state index contributed by atoms with van der Waals surface area (Å²) in [7, 11) is -1.03. The van der Waals surface area contributed by atoms with Crippen LogP contribution in [0.2, 0.25) is 5.02 Å². The van der Waals surface area contributed by atoms with E-state index in [-0.39, 0.29) is 13.0 Å². The number of esters is 1. The van der Waals surface area contributed by atoms with Gasteiger partial charge < -0.3 is 10.1 Å². The Balaban J connectivity index is 2.17. The molecule has 0 aliphatic heterocycles. The Morgan fingerprint density at radius 1 is 1.17 bits per heavy atom. The molecule has 23 heavy (non-hydrogen) atoms. The SMILES string of the molecule is COC(=O)CNCCC(c1ccc2cc(Cl)ccc2c1)=S(=O)=O. The van der Waals surface area contributed by atoms with Crippen LogP contribution in [0.15, 0.2) is 36.4 Å². The summed E-state index contributed by atoms with van der Waals surface area (Å²) in [6, 6.07) is 10.8. The monoisotopic (exact) mass is 353 g/mol. The minimum absolute atomic E-state index is 0.0471. The molecular weight excluding hydrogens is 338 g/mol. The van der Waals surface area contributed by atoms with Gasteiger partial charge in [0, 0.05) is 18.0 Å². The van der Waals surface area contributed by atoms with Crippen LogP contribution < -0.4 is 5.32 Å². The molecule has 0 saturated heterocycles. The van der Waals surface area contributed by atoms with Crippen molar-refractivity contribution in [3.63, 3.8) is 0 Å². The Kier molecular flexibility index (Phi) is 6.15. The molecule has 5 nitrogen and oxygen atoms in total. The first-order valence-corrected chi connectivity index (χ1v) is 8.39. The van der Waals surface area contributed by atoms with Gasteiger partial charge in [-0.05, 0) is 34.5 Å². The number of rotatable bonds is 6. The number of methoxy groups -OCH3 is 1. The first-order chi connectivity index (χ1) is 11.0. The van der Waals surface area contributed by atoms with E-state index in [0.29, 0.717) is 22.0 Å². The highest BCUT2D eigenvalue weighted by molar-refractivity contribution is 7.73. The van der Waals surface area contributed by atoms with E-state index in [4.69, 9.17) is 11.6 Å². The van der Waals surface area contributed by atoms with E-state index in [2.05, 4.69) is 10.1 Å². The Hall–Kier alpha value is -1.89. The predicted molar refractivity (Wildman–Crippen MR) is 91.5 cm³/mol. The highest BCUT2D eigenvalue weighted by atomic mass is 35.5. The second-order valence-corrected chi connectivity index (χ2v) is 6.27. The van der Waals surface area contributed by atoms with Crippen molar-refractivity contribution in [1.29, 1.82) is 0 Å². The Morgan fingerprint density at radius 2 is 1.87 bits per heavy atom. The maximum Gasteiger partial charge on any atom is 0.319 e. The lowest BCUT2D eigenvalue weighted by Gasteiger charge is -2.07. The number of halogens is 1. The Labute approximate surface area is 140 Å². The fourth-order valence-corrected chi connectivity index (χ4v) is 2.95. The maximum atomic E-state index is 11.5. The van der Waals surface area contributed by atoms with Crippen molar-refractivity contribution in [3.8, 4) is 0 Å². The van der Waals surface area contributed by atoms with Gasteiger partial charge in [-0.25, -0.2) is 0 Å². The number of benzene rings is 2. The summed E-state index contributed by atoms with van der Waals surface area (Å²) in [5.74, 6) is -0.391. The first-order valence-electron chi connectivity index (χ1n) is 6.93. The van der Waals surface area contributed by atoms with Crippen LogP contribution >= 0.6 is 11.6 Å². The summed E-state index contributed by atoms with van der Waals surface area (Å²) < 4.78 is 27.5. The van der Waals surface area contributed by atoms with Gasteiger partial charge in [-0.3, -0.25) is 4.79 Å². The van der Waals surface area contributed by atoms with Crippen molar-refractivity contribution in [3.05, 3.63) is 47.0 Å². The molecule has 0 atom stereocenters. The third-order valence-corrected chi connectivity index (χ3v) is 4.43. The normalized spacial score (nSPS) is 10.5. The van der Waals surface area contributed by atoms with E-state index in [1.807, 2.05) is 24.3 Å². The van der Waals surface area contributed by atoms with Gasteiger partial charge in [0.05, 0.1) is 18.5 Å². The third-order valence-electron chi connectivity index (χ3n) is 3.35. The zero-order valence-electron chi connectivity index (χ0n) is 12.5. The van der Waals surface area contributed by atoms with Crippen molar-refractivity contribution >= 4 is 43.5 Å². The molecule has 0 aliphatic carbocycles. The molecular formula is C16H16ClNO4S. The second kappa shape index (κ2) is 8.10. The Bertz CT molecular complexity index is 854. The summed E-state index contributed by atoms with van der Waals surface area (Å²) in [4.78, 5) is 11.3. The van der Waals surface area contributed by atoms with E-state index in [1.165, 1.54) is 7.11 Å². The lowest BCUT2D eigenvalue weighted by Crippen LogP contribution is -2.26. The summed E-state index contributed by atoms with van der Waals surface area (Å²) >= 11 is 5.94. The molecule has 0 saturated carbocycles. The molecule has 0 unspecified atom stereocenters. The standard InChI is InChI=1S/C16H16ClNO4S/c1-22-16(19)10-18-7-6-15(23(20)21)13-3-2-12-9-14(17)5-4-11(12)8-13/h2-5,8-9,18H,6-7,10H2,1H3. The Morgan fingerprint density at radius 3 is 2.57 bits per heavy atom. The van der Waals surface area contributed by atoms with Crippen LogP contribution in [0, 0.1) is 0 Å². The topological polar surface area (TPSA) is 72.5 Å². The zero-order chi connectivity index (χ0) is 16.8. The molecule has 2 aromatic carbocycles. The molecule has 1 N–H and O–H groups in total. The number of ether oxygens (including phenoxy) is 1. The van der Waals surface area contributed by atoms with Gasteiger partial charge in [0.2, 0.25) is 10.3 Å². The molecule has 0 bridgehead atoms. The van der Waals surface area contributed by atoms with Crippen molar-refractivity contribution in [2.24, 2.45) is 0 Å². The lowest BCUT2D eigenvalue weighted by atomic mass is 10.0. The average molecular weight is 354 g/mol. The van der Waals surface area contributed by atoms with Crippen molar-refractivity contribution in [2.75, 3.05) is 20.2 Å². The molecule has 2 rings (SSSR count). The zero-order valence-corrected chi connectivity index (χ0v) is 14.1. The first kappa shape index (κ1) is 17.5. The van der Waals surface area contributed by atoms with Crippen LogP contribution in [0.1, 0.15) is 12.0 Å². The van der Waals surface area contributed by atoms with Crippen LogP contribution in [0.4, 0.5) is 0 Å². The second-order valence-electron chi connectivity index (χ2n) is 4.87. The molecule has 0 radical (unpaired) electrons. The van der Waals surface area contributed by atoms with E-state index in [1.54, 1.807) is 12.1 Å². The van der Waals surface area contributed by atoms with Gasteiger partial charge >= 0.3 is 5.97 Å². The number of hydrogen-bond donors (Lipinski definition) is 1. The molecule has 0 heterocycles. The predicted octanol–water partition coefficient (Wildman–Crippen LogP) is 2.05. The minimum Gasteiger partial charge on any atom is -0.468 e. The lowest BCUT2D eigenvalue weighted by molar-refractivity contribution is -0.139. The quantitative estimate of drug-likeness (QED) is 0.372. The molecule has 0 fully saturated rings. The van der Waals surface area contributed by atoms with Crippen molar-refractivity contribution in [2.45, 2.75) is 6.42 Å². The summed E-state index contributed by atoms with van der Waals surface area (Å²) in [5.41, 5.74) is 0.632. The molecule has 122 valence electrons. The number of carbonyl (C=O) groups excluding carboxylic acids is 1. The number of fused-ring (bicyclic) bond motifs is 1. The van der Waals surface area contributed by atoms with Crippen LogP contribution in [0.3, 0.4) is 0 Å². The van der Waals surface area contributed by atoms with Gasteiger partial charge in [0.25, 0.3) is 0 Å². The molecule has 7 heteroatoms. The van der Waals surface area contributed by atoms with Crippen LogP contribution in [0.5, 0.6) is 0 Å². The largest absolute Gasteiger partial charge is 0.468 e. The molecule has 0 spiro atoms. The van der Waals surface area contributed by atoms with Crippen LogP contribution in [-0.2, 0) is 19.8 Å². The number of nitrogens with one attached hydrogen (secondary N) is 1. The molecule has 0 aliphatic rings. The highest BCUT2D eigenvalue weighted by Crippen LogP contribution is 2.21. The van der Waals surface area contributed by atoms with E-state index in [9.17, 15) is 13.2 Å². The van der Waals surface area contributed by atoms with Crippen LogP contribution in [-0.4, -0.2) is 39.5 Å². The van der Waals surface area contributed by atoms with E-state index in [0.717, 1.165) is 10.8 Å². The van der Waals surface area contributed by atoms with Gasteiger partial charge in [-0.1, -0.05) is 29.8 Å². The van der Waals surface area contributed by atoms with Gasteiger partial charge in [-0.2, -0.15) is 8.42 Å². The third kappa shape index (κ3) is 4.79. The van der Waals surface area contributed by atoms with Gasteiger partial charge in [-0.15, -0.1) is 0 Å². The van der Waals surface area contributed by atoms with E-state index < -0.39 is 16.3 Å². The number of carbonyl (C=O) groups is 1. The number of hydrogen-bond acceptors (Lipinski definition) is 5. The van der Waals surface area contributed by atoms with E-state index >= 15 is 0 Å².